The highest BCUT2D eigenvalue weighted by Gasteiger charge is 2.18. The van der Waals surface area contributed by atoms with Crippen LogP contribution in [-0.4, -0.2) is 23.3 Å². The van der Waals surface area contributed by atoms with Crippen molar-refractivity contribution in [3.63, 3.8) is 0 Å². The molecule has 1 aromatic rings. The molecule has 0 aliphatic rings. The van der Waals surface area contributed by atoms with Crippen LogP contribution in [0.1, 0.15) is 19.4 Å². The van der Waals surface area contributed by atoms with Crippen LogP contribution in [0.2, 0.25) is 0 Å². The minimum Gasteiger partial charge on any atom is -0.480 e. The molecule has 3 heteroatoms. The van der Waals surface area contributed by atoms with Gasteiger partial charge in [0.05, 0.1) is 0 Å². The van der Waals surface area contributed by atoms with Crippen molar-refractivity contribution in [2.24, 2.45) is 10.9 Å². The summed E-state index contributed by atoms with van der Waals surface area (Å²) in [6.07, 6.45) is 1.61. The molecule has 0 aliphatic heterocycles. The van der Waals surface area contributed by atoms with Crippen LogP contribution in [0, 0.1) is 5.92 Å². The molecule has 0 unspecified atom stereocenters. The average molecular weight is 205 g/mol. The van der Waals surface area contributed by atoms with Gasteiger partial charge in [0.1, 0.15) is 6.04 Å². The van der Waals surface area contributed by atoms with Crippen molar-refractivity contribution < 1.29 is 9.90 Å². The normalized spacial score (nSPS) is 13.3. The maximum absolute atomic E-state index is 10.8. The Kier molecular flexibility index (Phi) is 4.03. The number of benzene rings is 1. The highest BCUT2D eigenvalue weighted by atomic mass is 16.4. The third-order valence-corrected chi connectivity index (χ3v) is 2.07. The quantitative estimate of drug-likeness (QED) is 0.766. The first-order valence-electron chi connectivity index (χ1n) is 4.92. The number of nitrogens with zero attached hydrogens (tertiary/aromatic N) is 1. The summed E-state index contributed by atoms with van der Waals surface area (Å²) in [7, 11) is 0. The van der Waals surface area contributed by atoms with Gasteiger partial charge in [-0.2, -0.15) is 0 Å². The molecule has 0 heterocycles. The number of carbonyl (C=O) groups is 1. The van der Waals surface area contributed by atoms with Crippen molar-refractivity contribution in [3.8, 4) is 0 Å². The summed E-state index contributed by atoms with van der Waals surface area (Å²) in [6.45, 7) is 3.70. The molecule has 3 nitrogen and oxygen atoms in total. The van der Waals surface area contributed by atoms with E-state index in [-0.39, 0.29) is 5.92 Å². The van der Waals surface area contributed by atoms with E-state index in [0.29, 0.717) is 0 Å². The van der Waals surface area contributed by atoms with Crippen molar-refractivity contribution in [1.82, 2.24) is 0 Å². The molecule has 1 aromatic carbocycles. The Balaban J connectivity index is 2.75. The van der Waals surface area contributed by atoms with E-state index in [1.807, 2.05) is 44.2 Å². The number of aliphatic imine (C=N–C) groups is 1. The highest BCUT2D eigenvalue weighted by Crippen LogP contribution is 2.06. The smallest absolute Gasteiger partial charge is 0.328 e. The molecular formula is C12H15NO2. The Morgan fingerprint density at radius 3 is 2.40 bits per heavy atom. The molecule has 0 amide bonds. The van der Waals surface area contributed by atoms with Gasteiger partial charge in [0.2, 0.25) is 0 Å². The van der Waals surface area contributed by atoms with Crippen LogP contribution >= 0.6 is 0 Å². The van der Waals surface area contributed by atoms with Crippen molar-refractivity contribution in [2.75, 3.05) is 0 Å². The SMILES string of the molecule is CC(C)[C@H](N=Cc1ccccc1)C(=O)O. The maximum Gasteiger partial charge on any atom is 0.328 e. The molecule has 1 N–H and O–H groups in total. The molecule has 0 saturated heterocycles. The summed E-state index contributed by atoms with van der Waals surface area (Å²) in [5, 5.41) is 8.91. The molecule has 0 saturated carbocycles. The Labute approximate surface area is 89.5 Å². The lowest BCUT2D eigenvalue weighted by atomic mass is 10.1. The first-order chi connectivity index (χ1) is 7.11. The monoisotopic (exact) mass is 205 g/mol. The summed E-state index contributed by atoms with van der Waals surface area (Å²) in [5.74, 6) is -0.875. The second-order valence-corrected chi connectivity index (χ2v) is 3.72. The second-order valence-electron chi connectivity index (χ2n) is 3.72. The fraction of sp³-hybridized carbons (Fsp3) is 0.333. The number of carboxylic acids is 1. The summed E-state index contributed by atoms with van der Waals surface area (Å²) >= 11 is 0. The van der Waals surface area contributed by atoms with Gasteiger partial charge >= 0.3 is 5.97 Å². The van der Waals surface area contributed by atoms with E-state index in [0.717, 1.165) is 5.56 Å². The van der Waals surface area contributed by atoms with E-state index in [9.17, 15) is 4.79 Å². The summed E-state index contributed by atoms with van der Waals surface area (Å²) in [5.41, 5.74) is 0.921. The van der Waals surface area contributed by atoms with Gasteiger partial charge in [-0.3, -0.25) is 4.99 Å². The predicted molar refractivity (Wildman–Crippen MR) is 60.3 cm³/mol. The molecule has 0 aromatic heterocycles. The average Bonchev–Trinajstić information content (AvgIpc) is 2.18. The topological polar surface area (TPSA) is 49.7 Å². The van der Waals surface area contributed by atoms with Crippen LogP contribution in [0.25, 0.3) is 0 Å². The fourth-order valence-electron chi connectivity index (χ4n) is 1.23. The number of hydrogen-bond acceptors (Lipinski definition) is 2. The minimum absolute atomic E-state index is 0.00228. The van der Waals surface area contributed by atoms with Gasteiger partial charge in [-0.25, -0.2) is 4.79 Å². The maximum atomic E-state index is 10.8. The van der Waals surface area contributed by atoms with Crippen molar-refractivity contribution >= 4 is 12.2 Å². The van der Waals surface area contributed by atoms with Crippen LogP contribution in [0.4, 0.5) is 0 Å². The van der Waals surface area contributed by atoms with Gasteiger partial charge in [-0.1, -0.05) is 44.2 Å². The van der Waals surface area contributed by atoms with Crippen LogP contribution in [-0.2, 0) is 4.79 Å². The van der Waals surface area contributed by atoms with Gasteiger partial charge in [-0.15, -0.1) is 0 Å². The zero-order chi connectivity index (χ0) is 11.3. The number of hydrogen-bond donors (Lipinski definition) is 1. The predicted octanol–water partition coefficient (Wildman–Crippen LogP) is 2.21. The largest absolute Gasteiger partial charge is 0.480 e. The van der Waals surface area contributed by atoms with Crippen molar-refractivity contribution in [2.45, 2.75) is 19.9 Å². The Hall–Kier alpha value is -1.64. The molecule has 0 aliphatic carbocycles. The van der Waals surface area contributed by atoms with E-state index in [2.05, 4.69) is 4.99 Å². The first kappa shape index (κ1) is 11.4. The zero-order valence-electron chi connectivity index (χ0n) is 8.92. The Morgan fingerprint density at radius 2 is 1.93 bits per heavy atom. The van der Waals surface area contributed by atoms with Crippen LogP contribution in [0.3, 0.4) is 0 Å². The molecule has 0 radical (unpaired) electrons. The minimum atomic E-state index is -0.878. The van der Waals surface area contributed by atoms with E-state index >= 15 is 0 Å². The van der Waals surface area contributed by atoms with Crippen molar-refractivity contribution in [1.29, 1.82) is 0 Å². The molecule has 15 heavy (non-hydrogen) atoms. The third-order valence-electron chi connectivity index (χ3n) is 2.07. The van der Waals surface area contributed by atoms with Gasteiger partial charge in [0, 0.05) is 6.21 Å². The van der Waals surface area contributed by atoms with Crippen LogP contribution in [0.5, 0.6) is 0 Å². The summed E-state index contributed by atoms with van der Waals surface area (Å²) in [6, 6.07) is 8.82. The van der Waals surface area contributed by atoms with Gasteiger partial charge in [0.25, 0.3) is 0 Å². The summed E-state index contributed by atoms with van der Waals surface area (Å²) < 4.78 is 0. The molecule has 0 spiro atoms. The molecule has 1 atom stereocenters. The first-order valence-corrected chi connectivity index (χ1v) is 4.92. The molecule has 1 rings (SSSR count). The summed E-state index contributed by atoms with van der Waals surface area (Å²) in [4.78, 5) is 14.9. The molecule has 80 valence electrons. The van der Waals surface area contributed by atoms with Crippen LogP contribution in [0.15, 0.2) is 35.3 Å². The lowest BCUT2D eigenvalue weighted by Gasteiger charge is -2.10. The van der Waals surface area contributed by atoms with Gasteiger partial charge in [-0.05, 0) is 11.5 Å². The third kappa shape index (κ3) is 3.54. The Morgan fingerprint density at radius 1 is 1.33 bits per heavy atom. The second kappa shape index (κ2) is 5.29. The van der Waals surface area contributed by atoms with Crippen molar-refractivity contribution in [3.05, 3.63) is 35.9 Å². The van der Waals surface area contributed by atoms with E-state index in [1.165, 1.54) is 0 Å². The molecule has 0 fully saturated rings. The Bertz CT molecular complexity index is 344. The lowest BCUT2D eigenvalue weighted by Crippen LogP contribution is -2.24. The van der Waals surface area contributed by atoms with E-state index in [1.54, 1.807) is 6.21 Å². The zero-order valence-corrected chi connectivity index (χ0v) is 8.92. The molecular weight excluding hydrogens is 190 g/mol. The van der Waals surface area contributed by atoms with E-state index in [4.69, 9.17) is 5.11 Å². The van der Waals surface area contributed by atoms with Crippen LogP contribution < -0.4 is 0 Å². The standard InChI is InChI=1S/C12H15NO2/c1-9(2)11(12(14)15)13-8-10-6-4-3-5-7-10/h3-9,11H,1-2H3,(H,14,15)/t11-/m0/s1. The number of aliphatic carboxylic acids is 1. The van der Waals surface area contributed by atoms with Gasteiger partial charge < -0.3 is 5.11 Å². The number of carboxylic acid groups (broad SMARTS) is 1. The fourth-order valence-corrected chi connectivity index (χ4v) is 1.23. The molecule has 0 bridgehead atoms. The lowest BCUT2D eigenvalue weighted by molar-refractivity contribution is -0.139. The number of rotatable bonds is 4. The van der Waals surface area contributed by atoms with E-state index < -0.39 is 12.0 Å². The van der Waals surface area contributed by atoms with Gasteiger partial charge in [0.15, 0.2) is 0 Å². The highest BCUT2D eigenvalue weighted by molar-refractivity contribution is 5.83.